The van der Waals surface area contributed by atoms with Crippen molar-refractivity contribution in [1.29, 1.82) is 0 Å². The number of benzene rings is 2. The number of nitrogens with zero attached hydrogens (tertiary/aromatic N) is 2. The standard InChI is InChI=1S/C21H23N3O3/c1-26-18-9-5-6-10-19(18)27-16-21(25)23-12-11-20-22-13-14-24(20)15-17-7-3-2-4-8-17/h2-10,13-14H,11-12,15-16H2,1H3,(H,23,25). The van der Waals surface area contributed by atoms with Crippen LogP contribution in [0.15, 0.2) is 67.0 Å². The Balaban J connectivity index is 1.45. The lowest BCUT2D eigenvalue weighted by atomic mass is 10.2. The van der Waals surface area contributed by atoms with Crippen molar-refractivity contribution >= 4 is 5.91 Å². The number of hydrogen-bond acceptors (Lipinski definition) is 4. The lowest BCUT2D eigenvalue weighted by Gasteiger charge is -2.11. The summed E-state index contributed by atoms with van der Waals surface area (Å²) in [5, 5.41) is 2.86. The second kappa shape index (κ2) is 9.43. The Labute approximate surface area is 158 Å². The summed E-state index contributed by atoms with van der Waals surface area (Å²) in [5.41, 5.74) is 1.21. The largest absolute Gasteiger partial charge is 0.493 e. The lowest BCUT2D eigenvalue weighted by molar-refractivity contribution is -0.123. The maximum atomic E-state index is 12.0. The first-order valence-corrected chi connectivity index (χ1v) is 8.82. The van der Waals surface area contributed by atoms with E-state index in [2.05, 4.69) is 27.0 Å². The molecule has 0 spiro atoms. The van der Waals surface area contributed by atoms with Gasteiger partial charge in [-0.2, -0.15) is 0 Å². The fourth-order valence-corrected chi connectivity index (χ4v) is 2.74. The smallest absolute Gasteiger partial charge is 0.257 e. The minimum atomic E-state index is -0.179. The van der Waals surface area contributed by atoms with E-state index < -0.39 is 0 Å². The predicted molar refractivity (Wildman–Crippen MR) is 103 cm³/mol. The molecule has 3 aromatic rings. The number of hydrogen-bond donors (Lipinski definition) is 1. The zero-order chi connectivity index (χ0) is 18.9. The van der Waals surface area contributed by atoms with E-state index in [-0.39, 0.29) is 12.5 Å². The third-order valence-corrected chi connectivity index (χ3v) is 4.10. The van der Waals surface area contributed by atoms with E-state index in [4.69, 9.17) is 9.47 Å². The van der Waals surface area contributed by atoms with Crippen LogP contribution in [-0.4, -0.2) is 35.7 Å². The summed E-state index contributed by atoms with van der Waals surface area (Å²) in [7, 11) is 1.57. The number of carbonyl (C=O) groups is 1. The number of ether oxygens (including phenoxy) is 2. The van der Waals surface area contributed by atoms with Crippen molar-refractivity contribution < 1.29 is 14.3 Å². The van der Waals surface area contributed by atoms with Gasteiger partial charge in [0.05, 0.1) is 7.11 Å². The van der Waals surface area contributed by atoms with Gasteiger partial charge < -0.3 is 19.4 Å². The molecule has 0 bridgehead atoms. The van der Waals surface area contributed by atoms with E-state index >= 15 is 0 Å². The van der Waals surface area contributed by atoms with Gasteiger partial charge in [-0.05, 0) is 17.7 Å². The second-order valence-corrected chi connectivity index (χ2v) is 6.00. The van der Waals surface area contributed by atoms with Crippen molar-refractivity contribution in [2.45, 2.75) is 13.0 Å². The van der Waals surface area contributed by atoms with Crippen LogP contribution in [0.5, 0.6) is 11.5 Å². The number of methoxy groups -OCH3 is 1. The minimum absolute atomic E-state index is 0.0567. The molecule has 1 amide bonds. The summed E-state index contributed by atoms with van der Waals surface area (Å²) in [6, 6.07) is 17.5. The van der Waals surface area contributed by atoms with Crippen molar-refractivity contribution in [2.75, 3.05) is 20.3 Å². The molecule has 3 rings (SSSR count). The molecule has 0 fully saturated rings. The normalized spacial score (nSPS) is 10.4. The van der Waals surface area contributed by atoms with Gasteiger partial charge in [-0.3, -0.25) is 4.79 Å². The molecule has 1 heterocycles. The number of carbonyl (C=O) groups excluding carboxylic acids is 1. The van der Waals surface area contributed by atoms with Crippen LogP contribution in [0.2, 0.25) is 0 Å². The van der Waals surface area contributed by atoms with E-state index in [0.717, 1.165) is 12.4 Å². The van der Waals surface area contributed by atoms with Crippen molar-refractivity contribution in [3.05, 3.63) is 78.4 Å². The number of amides is 1. The van der Waals surface area contributed by atoms with Crippen molar-refractivity contribution in [3.63, 3.8) is 0 Å². The Morgan fingerprint density at radius 1 is 1.07 bits per heavy atom. The van der Waals surface area contributed by atoms with Gasteiger partial charge in [0.2, 0.25) is 0 Å². The summed E-state index contributed by atoms with van der Waals surface area (Å²) in [5.74, 6) is 1.91. The van der Waals surface area contributed by atoms with Crippen LogP contribution < -0.4 is 14.8 Å². The number of imidazole rings is 1. The molecule has 1 N–H and O–H groups in total. The topological polar surface area (TPSA) is 65.4 Å². The van der Waals surface area contributed by atoms with Crippen LogP contribution in [0.3, 0.4) is 0 Å². The van der Waals surface area contributed by atoms with Crippen LogP contribution in [-0.2, 0) is 17.8 Å². The summed E-state index contributed by atoms with van der Waals surface area (Å²) < 4.78 is 12.8. The quantitative estimate of drug-likeness (QED) is 0.633. The molecule has 0 aliphatic heterocycles. The Bertz CT molecular complexity index is 862. The Kier molecular flexibility index (Phi) is 6.46. The highest BCUT2D eigenvalue weighted by atomic mass is 16.5. The van der Waals surface area contributed by atoms with E-state index in [1.807, 2.05) is 36.5 Å². The highest BCUT2D eigenvalue weighted by Gasteiger charge is 2.08. The maximum Gasteiger partial charge on any atom is 0.257 e. The van der Waals surface area contributed by atoms with Gasteiger partial charge in [0, 0.05) is 31.9 Å². The minimum Gasteiger partial charge on any atom is -0.493 e. The Morgan fingerprint density at radius 2 is 1.81 bits per heavy atom. The molecule has 1 aromatic heterocycles. The van der Waals surface area contributed by atoms with Crippen molar-refractivity contribution in [2.24, 2.45) is 0 Å². The van der Waals surface area contributed by atoms with Gasteiger partial charge in [0.25, 0.3) is 5.91 Å². The fraction of sp³-hybridized carbons (Fsp3) is 0.238. The van der Waals surface area contributed by atoms with Crippen LogP contribution in [0.1, 0.15) is 11.4 Å². The first-order chi connectivity index (χ1) is 13.3. The predicted octanol–water partition coefficient (Wildman–Crippen LogP) is 2.68. The molecular weight excluding hydrogens is 342 g/mol. The fourth-order valence-electron chi connectivity index (χ4n) is 2.74. The summed E-state index contributed by atoms with van der Waals surface area (Å²) in [6.45, 7) is 1.21. The van der Waals surface area contributed by atoms with E-state index in [9.17, 15) is 4.79 Å². The second-order valence-electron chi connectivity index (χ2n) is 6.00. The van der Waals surface area contributed by atoms with Gasteiger partial charge in [0.15, 0.2) is 18.1 Å². The molecule has 6 nitrogen and oxygen atoms in total. The molecule has 0 unspecified atom stereocenters. The molecule has 0 saturated heterocycles. The summed E-state index contributed by atoms with van der Waals surface area (Å²) in [4.78, 5) is 16.4. The molecule has 6 heteroatoms. The van der Waals surface area contributed by atoms with Crippen molar-refractivity contribution in [3.8, 4) is 11.5 Å². The average Bonchev–Trinajstić information content (AvgIpc) is 3.14. The van der Waals surface area contributed by atoms with Crippen molar-refractivity contribution in [1.82, 2.24) is 14.9 Å². The van der Waals surface area contributed by atoms with Gasteiger partial charge in [0.1, 0.15) is 5.82 Å². The van der Waals surface area contributed by atoms with E-state index in [1.165, 1.54) is 5.56 Å². The van der Waals surface area contributed by atoms with E-state index in [1.54, 1.807) is 25.4 Å². The lowest BCUT2D eigenvalue weighted by Crippen LogP contribution is -2.31. The molecule has 140 valence electrons. The summed E-state index contributed by atoms with van der Waals surface area (Å²) in [6.07, 6.45) is 4.39. The molecule has 0 atom stereocenters. The van der Waals surface area contributed by atoms with Crippen LogP contribution in [0.25, 0.3) is 0 Å². The molecule has 0 aliphatic rings. The van der Waals surface area contributed by atoms with Gasteiger partial charge in [-0.1, -0.05) is 42.5 Å². The highest BCUT2D eigenvalue weighted by molar-refractivity contribution is 5.77. The number of nitrogens with one attached hydrogen (secondary N) is 1. The van der Waals surface area contributed by atoms with Crippen LogP contribution in [0, 0.1) is 0 Å². The molecule has 0 radical (unpaired) electrons. The number of rotatable bonds is 9. The van der Waals surface area contributed by atoms with Crippen LogP contribution in [0.4, 0.5) is 0 Å². The Hall–Kier alpha value is -3.28. The maximum absolute atomic E-state index is 12.0. The molecule has 0 aliphatic carbocycles. The molecule has 0 saturated carbocycles. The highest BCUT2D eigenvalue weighted by Crippen LogP contribution is 2.25. The molecule has 2 aromatic carbocycles. The first kappa shape index (κ1) is 18.5. The Morgan fingerprint density at radius 3 is 2.59 bits per heavy atom. The monoisotopic (exact) mass is 365 g/mol. The SMILES string of the molecule is COc1ccccc1OCC(=O)NCCc1nccn1Cc1ccccc1. The molecular formula is C21H23N3O3. The van der Waals surface area contributed by atoms with Gasteiger partial charge in [-0.25, -0.2) is 4.98 Å². The van der Waals surface area contributed by atoms with Crippen LogP contribution >= 0.6 is 0 Å². The zero-order valence-corrected chi connectivity index (χ0v) is 15.3. The third kappa shape index (κ3) is 5.34. The third-order valence-electron chi connectivity index (χ3n) is 4.10. The number of para-hydroxylation sites is 2. The number of aromatic nitrogens is 2. The van der Waals surface area contributed by atoms with E-state index in [0.29, 0.717) is 24.5 Å². The average molecular weight is 365 g/mol. The zero-order valence-electron chi connectivity index (χ0n) is 15.3. The summed E-state index contributed by atoms with van der Waals surface area (Å²) >= 11 is 0. The molecule has 27 heavy (non-hydrogen) atoms. The first-order valence-electron chi connectivity index (χ1n) is 8.82. The van der Waals surface area contributed by atoms with Gasteiger partial charge in [-0.15, -0.1) is 0 Å². The van der Waals surface area contributed by atoms with Gasteiger partial charge >= 0.3 is 0 Å².